The van der Waals surface area contributed by atoms with Crippen LogP contribution >= 0.6 is 23.1 Å². The Bertz CT molecular complexity index is 1040. The second-order valence-electron chi connectivity index (χ2n) is 6.70. The molecule has 0 spiro atoms. The maximum Gasteiger partial charge on any atom is 0.253 e. The zero-order valence-corrected chi connectivity index (χ0v) is 18.4. The molecule has 30 heavy (non-hydrogen) atoms. The molecule has 7 heteroatoms. The molecule has 2 aromatic carbocycles. The smallest absolute Gasteiger partial charge is 0.253 e. The first-order valence-electron chi connectivity index (χ1n) is 9.52. The molecule has 4 rings (SSSR count). The number of amides is 1. The standard InChI is InChI=1S/C23H22N2O3S2/c1-27-20-11-10-16(13-21(20)28-2)19-14-18(22-9-6-12-29-22)24-25(19)23(26)15-30-17-7-4-3-5-8-17/h3-13,19H,14-15H2,1-2H3. The van der Waals surface area contributed by atoms with Crippen molar-refractivity contribution in [1.29, 1.82) is 0 Å². The van der Waals surface area contributed by atoms with E-state index in [4.69, 9.17) is 14.6 Å². The molecule has 0 aliphatic carbocycles. The van der Waals surface area contributed by atoms with E-state index in [1.165, 1.54) is 11.8 Å². The van der Waals surface area contributed by atoms with Crippen LogP contribution in [0.2, 0.25) is 0 Å². The van der Waals surface area contributed by atoms with Gasteiger partial charge in [-0.15, -0.1) is 23.1 Å². The van der Waals surface area contributed by atoms with Crippen molar-refractivity contribution in [2.45, 2.75) is 17.4 Å². The van der Waals surface area contributed by atoms with Gasteiger partial charge in [0.25, 0.3) is 5.91 Å². The van der Waals surface area contributed by atoms with Crippen molar-refractivity contribution in [2.24, 2.45) is 5.10 Å². The number of carbonyl (C=O) groups is 1. The molecule has 1 atom stereocenters. The second-order valence-corrected chi connectivity index (χ2v) is 8.69. The van der Waals surface area contributed by atoms with E-state index in [1.54, 1.807) is 30.6 Å². The van der Waals surface area contributed by atoms with Crippen LogP contribution in [0.25, 0.3) is 0 Å². The number of carbonyl (C=O) groups excluding carboxylic acids is 1. The van der Waals surface area contributed by atoms with Crippen LogP contribution in [0.15, 0.2) is 76.0 Å². The maximum atomic E-state index is 13.1. The molecule has 0 saturated heterocycles. The molecule has 3 aromatic rings. The first-order valence-corrected chi connectivity index (χ1v) is 11.4. The van der Waals surface area contributed by atoms with E-state index < -0.39 is 0 Å². The van der Waals surface area contributed by atoms with E-state index in [2.05, 4.69) is 0 Å². The average Bonchev–Trinajstić information content (AvgIpc) is 3.48. The minimum absolute atomic E-state index is 0.0183. The Balaban J connectivity index is 1.60. The summed E-state index contributed by atoms with van der Waals surface area (Å²) in [5.41, 5.74) is 1.91. The fourth-order valence-electron chi connectivity index (χ4n) is 3.38. The highest BCUT2D eigenvalue weighted by atomic mass is 32.2. The average molecular weight is 439 g/mol. The lowest BCUT2D eigenvalue weighted by atomic mass is 10.0. The van der Waals surface area contributed by atoms with Crippen molar-refractivity contribution >= 4 is 34.7 Å². The summed E-state index contributed by atoms with van der Waals surface area (Å²) in [7, 11) is 3.23. The van der Waals surface area contributed by atoms with Crippen LogP contribution in [0.3, 0.4) is 0 Å². The second kappa shape index (κ2) is 9.36. The number of benzene rings is 2. The third-order valence-corrected chi connectivity index (χ3v) is 6.79. The fraction of sp³-hybridized carbons (Fsp3) is 0.217. The van der Waals surface area contributed by atoms with Gasteiger partial charge in [0.15, 0.2) is 11.5 Å². The van der Waals surface area contributed by atoms with E-state index in [0.29, 0.717) is 23.7 Å². The summed E-state index contributed by atoms with van der Waals surface area (Å²) in [4.78, 5) is 15.3. The number of thioether (sulfide) groups is 1. The van der Waals surface area contributed by atoms with Gasteiger partial charge in [0.1, 0.15) is 0 Å². The molecule has 1 unspecified atom stereocenters. The van der Waals surface area contributed by atoms with Crippen LogP contribution in [-0.4, -0.2) is 36.6 Å². The molecule has 0 N–H and O–H groups in total. The van der Waals surface area contributed by atoms with Gasteiger partial charge in [-0.2, -0.15) is 5.10 Å². The fourth-order valence-corrected chi connectivity index (χ4v) is 4.87. The predicted octanol–water partition coefficient (Wildman–Crippen LogP) is 5.24. The minimum Gasteiger partial charge on any atom is -0.493 e. The van der Waals surface area contributed by atoms with Crippen LogP contribution in [0, 0.1) is 0 Å². The van der Waals surface area contributed by atoms with Crippen molar-refractivity contribution in [1.82, 2.24) is 5.01 Å². The van der Waals surface area contributed by atoms with Gasteiger partial charge in [-0.3, -0.25) is 4.79 Å². The summed E-state index contributed by atoms with van der Waals surface area (Å²) >= 11 is 3.16. The van der Waals surface area contributed by atoms with Crippen LogP contribution in [0.5, 0.6) is 11.5 Å². The lowest BCUT2D eigenvalue weighted by molar-refractivity contribution is -0.130. The highest BCUT2D eigenvalue weighted by molar-refractivity contribution is 8.00. The third kappa shape index (κ3) is 4.37. The molecule has 1 aliphatic heterocycles. The molecule has 0 bridgehead atoms. The van der Waals surface area contributed by atoms with E-state index in [1.807, 2.05) is 66.0 Å². The minimum atomic E-state index is -0.175. The number of ether oxygens (including phenoxy) is 2. The maximum absolute atomic E-state index is 13.1. The zero-order valence-electron chi connectivity index (χ0n) is 16.8. The molecular formula is C23H22N2O3S2. The lowest BCUT2D eigenvalue weighted by Crippen LogP contribution is -2.28. The molecule has 1 aliphatic rings. The van der Waals surface area contributed by atoms with Gasteiger partial charge < -0.3 is 9.47 Å². The molecule has 5 nitrogen and oxygen atoms in total. The molecular weight excluding hydrogens is 416 g/mol. The predicted molar refractivity (Wildman–Crippen MR) is 122 cm³/mol. The first kappa shape index (κ1) is 20.5. The first-order chi connectivity index (χ1) is 14.7. The van der Waals surface area contributed by atoms with Gasteiger partial charge in [-0.1, -0.05) is 30.3 Å². The number of methoxy groups -OCH3 is 2. The van der Waals surface area contributed by atoms with E-state index in [-0.39, 0.29) is 11.9 Å². The summed E-state index contributed by atoms with van der Waals surface area (Å²) in [6.45, 7) is 0. The van der Waals surface area contributed by atoms with Gasteiger partial charge in [0.05, 0.1) is 36.6 Å². The van der Waals surface area contributed by atoms with Crippen molar-refractivity contribution < 1.29 is 14.3 Å². The van der Waals surface area contributed by atoms with Gasteiger partial charge >= 0.3 is 0 Å². The van der Waals surface area contributed by atoms with E-state index in [0.717, 1.165) is 21.0 Å². The topological polar surface area (TPSA) is 51.1 Å². The molecule has 0 saturated carbocycles. The summed E-state index contributed by atoms with van der Waals surface area (Å²) in [6.07, 6.45) is 0.664. The Morgan fingerprint density at radius 3 is 2.60 bits per heavy atom. The monoisotopic (exact) mass is 438 g/mol. The Labute approximate surface area is 184 Å². The largest absolute Gasteiger partial charge is 0.493 e. The molecule has 0 radical (unpaired) electrons. The quantitative estimate of drug-likeness (QED) is 0.474. The van der Waals surface area contributed by atoms with Gasteiger partial charge in [0, 0.05) is 11.3 Å². The van der Waals surface area contributed by atoms with Gasteiger partial charge in [-0.25, -0.2) is 5.01 Å². The number of rotatable bonds is 7. The van der Waals surface area contributed by atoms with Crippen molar-refractivity contribution in [3.8, 4) is 11.5 Å². The zero-order chi connectivity index (χ0) is 20.9. The van der Waals surface area contributed by atoms with Gasteiger partial charge in [0.2, 0.25) is 0 Å². The number of hydrogen-bond acceptors (Lipinski definition) is 6. The summed E-state index contributed by atoms with van der Waals surface area (Å²) in [6, 6.07) is 19.6. The van der Waals surface area contributed by atoms with E-state index in [9.17, 15) is 4.79 Å². The van der Waals surface area contributed by atoms with Crippen molar-refractivity contribution in [3.05, 3.63) is 76.5 Å². The number of hydrogen-bond donors (Lipinski definition) is 0. The van der Waals surface area contributed by atoms with Crippen molar-refractivity contribution in [3.63, 3.8) is 0 Å². The molecule has 154 valence electrons. The normalized spacial score (nSPS) is 15.7. The summed E-state index contributed by atoms with van der Waals surface area (Å²) < 4.78 is 10.8. The van der Waals surface area contributed by atoms with Crippen molar-refractivity contribution in [2.75, 3.05) is 20.0 Å². The number of hydrazone groups is 1. The summed E-state index contributed by atoms with van der Waals surface area (Å²) in [5, 5.41) is 8.38. The van der Waals surface area contributed by atoms with Crippen LogP contribution in [-0.2, 0) is 4.79 Å². The Hall–Kier alpha value is -2.77. The van der Waals surface area contributed by atoms with Crippen LogP contribution in [0.1, 0.15) is 22.9 Å². The highest BCUT2D eigenvalue weighted by Crippen LogP contribution is 2.38. The Kier molecular flexibility index (Phi) is 6.40. The summed E-state index contributed by atoms with van der Waals surface area (Å²) in [5.74, 6) is 1.62. The van der Waals surface area contributed by atoms with Crippen LogP contribution < -0.4 is 9.47 Å². The van der Waals surface area contributed by atoms with E-state index >= 15 is 0 Å². The molecule has 0 fully saturated rings. The molecule has 2 heterocycles. The Morgan fingerprint density at radius 2 is 1.90 bits per heavy atom. The van der Waals surface area contributed by atoms with Gasteiger partial charge in [-0.05, 0) is 41.3 Å². The third-order valence-electron chi connectivity index (χ3n) is 4.87. The van der Waals surface area contributed by atoms with Crippen LogP contribution in [0.4, 0.5) is 0 Å². The molecule has 1 aromatic heterocycles. The number of nitrogens with zero attached hydrogens (tertiary/aromatic N) is 2. The Morgan fingerprint density at radius 1 is 1.10 bits per heavy atom. The highest BCUT2D eigenvalue weighted by Gasteiger charge is 2.33. The number of thiophene rings is 1. The SMILES string of the molecule is COc1ccc(C2CC(c3cccs3)=NN2C(=O)CSc2ccccc2)cc1OC. The molecule has 1 amide bonds. The lowest BCUT2D eigenvalue weighted by Gasteiger charge is -2.23.